The van der Waals surface area contributed by atoms with E-state index >= 15 is 0 Å². The zero-order chi connectivity index (χ0) is 31.7. The third-order valence-corrected chi connectivity index (χ3v) is 12.2. The lowest BCUT2D eigenvalue weighted by molar-refractivity contribution is 0.0848. The number of piperidine rings is 2. The SMILES string of the molecule is C[C@H]1N[C@@H](CCCCCCCCCCC2=C[C@@H](CCCCCCCCCC[C@H]3CC[C@H](O)[C@@H](C)N3)[C@@H]3CCCN3C2)CC[C@@H]1O. The van der Waals surface area contributed by atoms with Crippen molar-refractivity contribution in [3.05, 3.63) is 11.6 Å². The minimum Gasteiger partial charge on any atom is -0.392 e. The third-order valence-electron chi connectivity index (χ3n) is 12.2. The highest BCUT2D eigenvalue weighted by Gasteiger charge is 2.34. The summed E-state index contributed by atoms with van der Waals surface area (Å²) in [5.41, 5.74) is 1.77. The first kappa shape index (κ1) is 37.4. The van der Waals surface area contributed by atoms with Gasteiger partial charge in [-0.3, -0.25) is 4.90 Å². The van der Waals surface area contributed by atoms with Crippen molar-refractivity contribution >= 4 is 0 Å². The fourth-order valence-corrected chi connectivity index (χ4v) is 9.17. The topological polar surface area (TPSA) is 67.8 Å². The summed E-state index contributed by atoms with van der Waals surface area (Å²) in [4.78, 5) is 2.84. The van der Waals surface area contributed by atoms with Gasteiger partial charge >= 0.3 is 0 Å². The fraction of sp³-hybridized carbons (Fsp3) is 0.950. The predicted octanol–water partition coefficient (Wildman–Crippen LogP) is 8.81. The maximum atomic E-state index is 9.89. The first-order chi connectivity index (χ1) is 22.0. The van der Waals surface area contributed by atoms with Gasteiger partial charge in [0.1, 0.15) is 0 Å². The number of unbranched alkanes of at least 4 members (excludes halogenated alkanes) is 14. The van der Waals surface area contributed by atoms with Crippen molar-refractivity contribution in [3.63, 3.8) is 0 Å². The quantitative estimate of drug-likeness (QED) is 0.0712. The van der Waals surface area contributed by atoms with Gasteiger partial charge < -0.3 is 20.8 Å². The molecule has 0 spiro atoms. The zero-order valence-electron chi connectivity index (χ0n) is 29.8. The Hall–Kier alpha value is -0.460. The van der Waals surface area contributed by atoms with Gasteiger partial charge in [-0.05, 0) is 96.9 Å². The average Bonchev–Trinajstić information content (AvgIpc) is 3.51. The molecule has 3 fully saturated rings. The van der Waals surface area contributed by atoms with Crippen LogP contribution >= 0.6 is 0 Å². The number of rotatable bonds is 22. The summed E-state index contributed by atoms with van der Waals surface area (Å²) in [5, 5.41) is 27.0. The minimum atomic E-state index is -0.142. The van der Waals surface area contributed by atoms with Crippen LogP contribution in [0.15, 0.2) is 11.6 Å². The van der Waals surface area contributed by atoms with E-state index in [0.717, 1.165) is 37.6 Å². The molecular weight excluding hydrogens is 554 g/mol. The van der Waals surface area contributed by atoms with Crippen LogP contribution < -0.4 is 10.6 Å². The number of hydrogen-bond donors (Lipinski definition) is 4. The lowest BCUT2D eigenvalue weighted by Crippen LogP contribution is -2.48. The van der Waals surface area contributed by atoms with Crippen molar-refractivity contribution < 1.29 is 10.2 Å². The molecule has 4 aliphatic rings. The molecule has 0 aromatic rings. The Morgan fingerprint density at radius 2 is 1.07 bits per heavy atom. The van der Waals surface area contributed by atoms with Gasteiger partial charge in [-0.1, -0.05) is 108 Å². The van der Waals surface area contributed by atoms with Gasteiger partial charge in [0.05, 0.1) is 12.2 Å². The highest BCUT2D eigenvalue weighted by atomic mass is 16.3. The predicted molar refractivity (Wildman–Crippen MR) is 192 cm³/mol. The molecule has 0 unspecified atom stereocenters. The van der Waals surface area contributed by atoms with Crippen molar-refractivity contribution in [1.82, 2.24) is 15.5 Å². The Morgan fingerprint density at radius 1 is 0.600 bits per heavy atom. The van der Waals surface area contributed by atoms with Crippen LogP contribution in [0.1, 0.15) is 181 Å². The largest absolute Gasteiger partial charge is 0.392 e. The van der Waals surface area contributed by atoms with E-state index in [2.05, 4.69) is 35.5 Å². The first-order valence-electron chi connectivity index (χ1n) is 20.3. The smallest absolute Gasteiger partial charge is 0.0691 e. The van der Waals surface area contributed by atoms with Crippen LogP contribution in [-0.2, 0) is 0 Å². The second-order valence-corrected chi connectivity index (χ2v) is 16.0. The average molecular weight is 630 g/mol. The molecule has 45 heavy (non-hydrogen) atoms. The molecule has 0 amide bonds. The van der Waals surface area contributed by atoms with Crippen LogP contribution in [0.2, 0.25) is 0 Å². The van der Waals surface area contributed by atoms with Crippen LogP contribution in [0.3, 0.4) is 0 Å². The Morgan fingerprint density at radius 3 is 1.58 bits per heavy atom. The third kappa shape index (κ3) is 13.9. The summed E-state index contributed by atoms with van der Waals surface area (Å²) in [5.74, 6) is 0.825. The number of aliphatic hydroxyl groups is 2. The molecule has 262 valence electrons. The van der Waals surface area contributed by atoms with Gasteiger partial charge in [0.25, 0.3) is 0 Å². The van der Waals surface area contributed by atoms with Crippen LogP contribution in [0.5, 0.6) is 0 Å². The molecule has 0 aromatic heterocycles. The number of hydrogen-bond acceptors (Lipinski definition) is 5. The Kier molecular flexibility index (Phi) is 17.8. The molecular formula is C40H75N3O2. The van der Waals surface area contributed by atoms with E-state index in [4.69, 9.17) is 0 Å². The maximum Gasteiger partial charge on any atom is 0.0691 e. The lowest BCUT2D eigenvalue weighted by atomic mass is 9.85. The monoisotopic (exact) mass is 630 g/mol. The van der Waals surface area contributed by atoms with E-state index in [1.807, 2.05) is 0 Å². The van der Waals surface area contributed by atoms with E-state index in [0.29, 0.717) is 12.1 Å². The standard InChI is InChI=1S/C40H75N3O2/c1-32-39(44)27-25-36(41-32)22-17-13-9-5-3-7-11-15-20-34-30-35(38-24-19-29-43(38)31-34)21-16-12-8-4-6-10-14-18-23-37-26-28-40(45)33(2)42-37/h30,32-33,35-42,44-45H,3-29,31H2,1-2H3/t32-,33-,35-,36+,37+,38+,39+,40+/m1/s1. The molecule has 8 atom stereocenters. The summed E-state index contributed by atoms with van der Waals surface area (Å²) >= 11 is 0. The van der Waals surface area contributed by atoms with Gasteiger partial charge in [-0.15, -0.1) is 0 Å². The molecule has 4 heterocycles. The van der Waals surface area contributed by atoms with E-state index < -0.39 is 0 Å². The lowest BCUT2D eigenvalue weighted by Gasteiger charge is -2.36. The Labute approximate surface area is 279 Å². The second kappa shape index (κ2) is 21.5. The molecule has 0 bridgehead atoms. The number of nitrogens with zero attached hydrogens (tertiary/aromatic N) is 1. The molecule has 5 heteroatoms. The van der Waals surface area contributed by atoms with Crippen molar-refractivity contribution in [1.29, 1.82) is 0 Å². The van der Waals surface area contributed by atoms with Crippen LogP contribution in [0.25, 0.3) is 0 Å². The summed E-state index contributed by atoms with van der Waals surface area (Å²) in [6, 6.07) is 2.66. The van der Waals surface area contributed by atoms with E-state index in [1.54, 1.807) is 5.57 Å². The van der Waals surface area contributed by atoms with Crippen molar-refractivity contribution in [2.75, 3.05) is 13.1 Å². The number of aliphatic hydroxyl groups excluding tert-OH is 2. The molecule has 3 saturated heterocycles. The van der Waals surface area contributed by atoms with Gasteiger partial charge in [0.2, 0.25) is 0 Å². The zero-order valence-corrected chi connectivity index (χ0v) is 29.8. The second-order valence-electron chi connectivity index (χ2n) is 16.0. The number of nitrogens with one attached hydrogen (secondary N) is 2. The molecule has 0 radical (unpaired) electrons. The van der Waals surface area contributed by atoms with E-state index in [9.17, 15) is 10.2 Å². The Balaban J connectivity index is 0.963. The van der Waals surface area contributed by atoms with Gasteiger partial charge in [-0.2, -0.15) is 0 Å². The molecule has 4 N–H and O–H groups in total. The summed E-state index contributed by atoms with van der Waals surface area (Å²) in [7, 11) is 0. The highest BCUT2D eigenvalue weighted by Crippen LogP contribution is 2.35. The number of fused-ring (bicyclic) bond motifs is 1. The Bertz CT molecular complexity index is 804. The highest BCUT2D eigenvalue weighted by molar-refractivity contribution is 5.15. The van der Waals surface area contributed by atoms with E-state index in [-0.39, 0.29) is 24.3 Å². The van der Waals surface area contributed by atoms with Crippen molar-refractivity contribution in [3.8, 4) is 0 Å². The molecule has 0 aliphatic carbocycles. The molecule has 5 nitrogen and oxygen atoms in total. The van der Waals surface area contributed by atoms with Gasteiger partial charge in [-0.25, -0.2) is 0 Å². The first-order valence-corrected chi connectivity index (χ1v) is 20.3. The van der Waals surface area contributed by atoms with Crippen LogP contribution in [0.4, 0.5) is 0 Å². The van der Waals surface area contributed by atoms with Gasteiger partial charge in [0, 0.05) is 36.8 Å². The summed E-state index contributed by atoms with van der Waals surface area (Å²) in [6.45, 7) is 6.86. The summed E-state index contributed by atoms with van der Waals surface area (Å²) < 4.78 is 0. The summed E-state index contributed by atoms with van der Waals surface area (Å²) in [6.07, 6.45) is 37.4. The molecule has 0 aromatic carbocycles. The van der Waals surface area contributed by atoms with Crippen LogP contribution in [0, 0.1) is 5.92 Å². The molecule has 0 saturated carbocycles. The molecule has 4 rings (SSSR count). The molecule has 4 aliphatic heterocycles. The fourth-order valence-electron chi connectivity index (χ4n) is 9.17. The van der Waals surface area contributed by atoms with Crippen molar-refractivity contribution in [2.24, 2.45) is 5.92 Å². The van der Waals surface area contributed by atoms with Crippen LogP contribution in [-0.4, -0.2) is 70.6 Å². The maximum absolute atomic E-state index is 9.89. The minimum absolute atomic E-state index is 0.141. The van der Waals surface area contributed by atoms with Gasteiger partial charge in [0.15, 0.2) is 0 Å². The van der Waals surface area contributed by atoms with E-state index in [1.165, 1.54) is 154 Å². The normalized spacial score (nSPS) is 32.5. The van der Waals surface area contributed by atoms with Crippen molar-refractivity contribution in [2.45, 2.75) is 223 Å².